The van der Waals surface area contributed by atoms with E-state index >= 15 is 0 Å². The largest absolute Gasteiger partial charge is 0.210 e. The lowest BCUT2D eigenvalue weighted by Gasteiger charge is -2.35. The minimum Gasteiger partial charge on any atom is -0.163 e. The summed E-state index contributed by atoms with van der Waals surface area (Å²) in [5.41, 5.74) is 3.35. The molecule has 1 heteroatoms. The van der Waals surface area contributed by atoms with Gasteiger partial charge in [-0.05, 0) is 5.56 Å². The first-order chi connectivity index (χ1) is 12.9. The van der Waals surface area contributed by atoms with Crippen LogP contribution in [0.4, 0.5) is 0 Å². The number of benzene rings is 2. The fraction of sp³-hybridized carbons (Fsp3) is 0.0800. The third-order valence-corrected chi connectivity index (χ3v) is 5.14. The van der Waals surface area contributed by atoms with E-state index in [0.717, 1.165) is 5.69 Å². The molecule has 0 amide bonds. The fourth-order valence-corrected chi connectivity index (χ4v) is 3.92. The normalized spacial score (nSPS) is 21.5. The second kappa shape index (κ2) is 6.97. The molecule has 26 heavy (non-hydrogen) atoms. The topological polar surface area (TPSA) is 3.88 Å². The van der Waals surface area contributed by atoms with Crippen LogP contribution in [0.2, 0.25) is 0 Å². The summed E-state index contributed by atoms with van der Waals surface area (Å²) in [4.78, 5) is 0. The van der Waals surface area contributed by atoms with Crippen molar-refractivity contribution in [2.45, 2.75) is 5.41 Å². The van der Waals surface area contributed by atoms with Crippen molar-refractivity contribution in [1.29, 1.82) is 0 Å². The first-order valence-electron chi connectivity index (χ1n) is 8.97. The van der Waals surface area contributed by atoms with E-state index < -0.39 is 0 Å². The SMILES string of the molecule is C=CC1C=CC=CC1(c1ccccc1)c1cccc[n+]1-c1ccccc1. The van der Waals surface area contributed by atoms with Gasteiger partial charge in [0.15, 0.2) is 6.20 Å². The predicted molar refractivity (Wildman–Crippen MR) is 107 cm³/mol. The Balaban J connectivity index is 2.03. The van der Waals surface area contributed by atoms with Gasteiger partial charge in [0.1, 0.15) is 5.41 Å². The number of hydrogen-bond donors (Lipinski definition) is 0. The lowest BCUT2D eigenvalue weighted by atomic mass is 9.65. The molecular formula is C25H22N+. The van der Waals surface area contributed by atoms with Crippen LogP contribution in [0.15, 0.2) is 122 Å². The van der Waals surface area contributed by atoms with E-state index in [1.807, 2.05) is 0 Å². The highest BCUT2D eigenvalue weighted by molar-refractivity contribution is 5.47. The molecule has 0 aliphatic heterocycles. The van der Waals surface area contributed by atoms with E-state index in [9.17, 15) is 0 Å². The highest BCUT2D eigenvalue weighted by atomic mass is 15.0. The predicted octanol–water partition coefficient (Wildman–Crippen LogP) is 5.18. The van der Waals surface area contributed by atoms with Crippen LogP contribution in [-0.4, -0.2) is 0 Å². The molecule has 3 aromatic rings. The second-order valence-electron chi connectivity index (χ2n) is 6.53. The Morgan fingerprint density at radius 1 is 0.808 bits per heavy atom. The third kappa shape index (κ3) is 2.62. The van der Waals surface area contributed by atoms with Gasteiger partial charge in [-0.2, -0.15) is 4.57 Å². The summed E-state index contributed by atoms with van der Waals surface area (Å²) >= 11 is 0. The molecule has 2 aromatic carbocycles. The van der Waals surface area contributed by atoms with Crippen molar-refractivity contribution in [3.63, 3.8) is 0 Å². The summed E-state index contributed by atoms with van der Waals surface area (Å²) in [5, 5.41) is 0. The van der Waals surface area contributed by atoms with E-state index in [-0.39, 0.29) is 11.3 Å². The van der Waals surface area contributed by atoms with Gasteiger partial charge in [-0.3, -0.25) is 0 Å². The number of hydrogen-bond acceptors (Lipinski definition) is 0. The van der Waals surface area contributed by atoms with Crippen LogP contribution in [-0.2, 0) is 5.41 Å². The summed E-state index contributed by atoms with van der Waals surface area (Å²) in [6, 6.07) is 27.6. The van der Waals surface area contributed by atoms with E-state index in [2.05, 4.69) is 127 Å². The molecule has 0 fully saturated rings. The van der Waals surface area contributed by atoms with Gasteiger partial charge in [0.05, 0.1) is 0 Å². The van der Waals surface area contributed by atoms with Gasteiger partial charge < -0.3 is 0 Å². The second-order valence-corrected chi connectivity index (χ2v) is 6.53. The molecule has 0 spiro atoms. The summed E-state index contributed by atoms with van der Waals surface area (Å²) in [7, 11) is 0. The van der Waals surface area contributed by atoms with Crippen molar-refractivity contribution in [1.82, 2.24) is 0 Å². The maximum absolute atomic E-state index is 4.14. The van der Waals surface area contributed by atoms with E-state index in [1.54, 1.807) is 0 Å². The summed E-state index contributed by atoms with van der Waals surface area (Å²) < 4.78 is 2.28. The molecule has 0 radical (unpaired) electrons. The minimum absolute atomic E-state index is 0.173. The van der Waals surface area contributed by atoms with Crippen molar-refractivity contribution >= 4 is 0 Å². The van der Waals surface area contributed by atoms with Crippen molar-refractivity contribution in [3.8, 4) is 5.69 Å². The Kier molecular flexibility index (Phi) is 4.37. The molecule has 0 bridgehead atoms. The van der Waals surface area contributed by atoms with Gasteiger partial charge >= 0.3 is 0 Å². The van der Waals surface area contributed by atoms with Gasteiger partial charge in [0.2, 0.25) is 11.4 Å². The van der Waals surface area contributed by atoms with Gasteiger partial charge in [0, 0.05) is 30.2 Å². The van der Waals surface area contributed by atoms with Crippen LogP contribution >= 0.6 is 0 Å². The van der Waals surface area contributed by atoms with Crippen molar-refractivity contribution in [3.05, 3.63) is 133 Å². The smallest absolute Gasteiger partial charge is 0.163 e. The molecule has 1 nitrogen and oxygen atoms in total. The van der Waals surface area contributed by atoms with E-state index in [1.165, 1.54) is 11.3 Å². The first kappa shape index (κ1) is 16.3. The molecule has 1 aliphatic carbocycles. The zero-order valence-electron chi connectivity index (χ0n) is 14.7. The van der Waals surface area contributed by atoms with Crippen LogP contribution in [0, 0.1) is 5.92 Å². The van der Waals surface area contributed by atoms with Crippen LogP contribution in [0.5, 0.6) is 0 Å². The zero-order valence-corrected chi connectivity index (χ0v) is 14.7. The monoisotopic (exact) mass is 336 g/mol. The Bertz CT molecular complexity index is 954. The number of allylic oxidation sites excluding steroid dienone is 5. The third-order valence-electron chi connectivity index (χ3n) is 5.14. The summed E-state index contributed by atoms with van der Waals surface area (Å²) in [6.45, 7) is 4.14. The summed E-state index contributed by atoms with van der Waals surface area (Å²) in [5.74, 6) is 0.173. The molecule has 2 unspecified atom stereocenters. The first-order valence-corrected chi connectivity index (χ1v) is 8.97. The van der Waals surface area contributed by atoms with Crippen molar-refractivity contribution in [2.75, 3.05) is 0 Å². The quantitative estimate of drug-likeness (QED) is 0.457. The van der Waals surface area contributed by atoms with E-state index in [0.29, 0.717) is 0 Å². The number of pyridine rings is 1. The number of nitrogens with zero attached hydrogens (tertiary/aromatic N) is 1. The average Bonchev–Trinajstić information content (AvgIpc) is 2.75. The Labute approximate surface area is 155 Å². The van der Waals surface area contributed by atoms with Gasteiger partial charge in [-0.25, -0.2) is 0 Å². The molecule has 1 aliphatic rings. The highest BCUT2D eigenvalue weighted by Crippen LogP contribution is 2.42. The van der Waals surface area contributed by atoms with Crippen LogP contribution in [0.25, 0.3) is 5.69 Å². The molecule has 1 heterocycles. The molecular weight excluding hydrogens is 314 g/mol. The van der Waals surface area contributed by atoms with Crippen molar-refractivity contribution in [2.24, 2.45) is 5.92 Å². The van der Waals surface area contributed by atoms with Crippen LogP contribution < -0.4 is 4.57 Å². The van der Waals surface area contributed by atoms with Gasteiger partial charge in [-0.1, -0.05) is 85.0 Å². The standard InChI is InChI=1S/C25H22N/c1-2-21-13-9-11-19-25(21,22-14-5-3-6-15-22)24-18-10-12-20-26(24)23-16-7-4-8-17-23/h2-21H,1H2/q+1. The van der Waals surface area contributed by atoms with Gasteiger partial charge in [-0.15, -0.1) is 6.58 Å². The number of para-hydroxylation sites is 1. The maximum atomic E-state index is 4.14. The molecule has 0 N–H and O–H groups in total. The van der Waals surface area contributed by atoms with Crippen LogP contribution in [0.1, 0.15) is 11.3 Å². The Hall–Kier alpha value is -3.19. The Morgan fingerprint density at radius 2 is 1.50 bits per heavy atom. The minimum atomic E-state index is -0.297. The lowest BCUT2D eigenvalue weighted by molar-refractivity contribution is -0.607. The van der Waals surface area contributed by atoms with Gasteiger partial charge in [0.25, 0.3) is 0 Å². The van der Waals surface area contributed by atoms with Crippen LogP contribution in [0.3, 0.4) is 0 Å². The number of aromatic nitrogens is 1. The average molecular weight is 336 g/mol. The maximum Gasteiger partial charge on any atom is 0.210 e. The molecule has 4 rings (SSSR count). The number of rotatable bonds is 4. The molecule has 1 aromatic heterocycles. The molecule has 0 saturated carbocycles. The molecule has 0 saturated heterocycles. The molecule has 126 valence electrons. The zero-order chi connectivity index (χ0) is 17.8. The fourth-order valence-electron chi connectivity index (χ4n) is 3.92. The van der Waals surface area contributed by atoms with E-state index in [4.69, 9.17) is 0 Å². The lowest BCUT2D eigenvalue weighted by Crippen LogP contribution is -2.47. The Morgan fingerprint density at radius 3 is 2.23 bits per heavy atom. The summed E-state index contributed by atoms with van der Waals surface area (Å²) in [6.07, 6.45) is 13.0. The van der Waals surface area contributed by atoms with Crippen molar-refractivity contribution < 1.29 is 4.57 Å². The highest BCUT2D eigenvalue weighted by Gasteiger charge is 2.45. The molecule has 2 atom stereocenters.